The number of hydrogen-bond acceptors (Lipinski definition) is 2. The van der Waals surface area contributed by atoms with E-state index in [0.717, 1.165) is 35.9 Å². The van der Waals surface area contributed by atoms with E-state index in [0.29, 0.717) is 5.92 Å². The minimum absolute atomic E-state index is 0.198. The summed E-state index contributed by atoms with van der Waals surface area (Å²) in [7, 11) is 0. The van der Waals surface area contributed by atoms with Gasteiger partial charge in [-0.15, -0.1) is 0 Å². The van der Waals surface area contributed by atoms with Crippen LogP contribution in [0.5, 0.6) is 0 Å². The number of aromatic amines is 1. The number of fused-ring (bicyclic) bond motifs is 1. The van der Waals surface area contributed by atoms with Crippen LogP contribution in [0.25, 0.3) is 10.9 Å². The summed E-state index contributed by atoms with van der Waals surface area (Å²) >= 11 is 3.51. The molecule has 1 aliphatic heterocycles. The number of likely N-dealkylation sites (tertiary alicyclic amines) is 1. The molecule has 2 aromatic rings. The molecule has 1 aromatic carbocycles. The average Bonchev–Trinajstić information content (AvgIpc) is 2.88. The fourth-order valence-electron chi connectivity index (χ4n) is 3.05. The van der Waals surface area contributed by atoms with Crippen LogP contribution >= 0.6 is 15.9 Å². The molecule has 0 bridgehead atoms. The van der Waals surface area contributed by atoms with Crippen LogP contribution in [0.15, 0.2) is 28.7 Å². The second-order valence-corrected chi connectivity index (χ2v) is 8.11. The Kier molecular flexibility index (Phi) is 4.41. The smallest absolute Gasteiger partial charge is 0.410 e. The fraction of sp³-hybridized carbons (Fsp3) is 0.500. The van der Waals surface area contributed by atoms with Gasteiger partial charge >= 0.3 is 6.09 Å². The van der Waals surface area contributed by atoms with Crippen LogP contribution in [0.1, 0.15) is 45.2 Å². The van der Waals surface area contributed by atoms with E-state index in [-0.39, 0.29) is 6.09 Å². The van der Waals surface area contributed by atoms with Crippen molar-refractivity contribution in [3.63, 3.8) is 0 Å². The van der Waals surface area contributed by atoms with Crippen molar-refractivity contribution < 1.29 is 9.53 Å². The first kappa shape index (κ1) is 16.4. The highest BCUT2D eigenvalue weighted by molar-refractivity contribution is 9.10. The average molecular weight is 379 g/mol. The van der Waals surface area contributed by atoms with E-state index in [2.05, 4.69) is 39.1 Å². The summed E-state index contributed by atoms with van der Waals surface area (Å²) in [6, 6.07) is 8.51. The van der Waals surface area contributed by atoms with Crippen molar-refractivity contribution in [2.45, 2.75) is 45.1 Å². The van der Waals surface area contributed by atoms with Gasteiger partial charge in [0, 0.05) is 40.1 Å². The zero-order valence-corrected chi connectivity index (χ0v) is 15.4. The van der Waals surface area contributed by atoms with Crippen LogP contribution in [0.2, 0.25) is 0 Å². The molecule has 0 atom stereocenters. The standard InChI is InChI=1S/C18H23BrN2O2/c1-18(2,3)23-17(22)21-8-6-12(7-9-21)16-11-13-10-14(19)4-5-15(13)20-16/h4-5,10-12,20H,6-9H2,1-3H3. The SMILES string of the molecule is CC(C)(C)OC(=O)N1CCC(c2cc3cc(Br)ccc3[nH]2)CC1. The lowest BCUT2D eigenvalue weighted by Gasteiger charge is -2.33. The van der Waals surface area contributed by atoms with E-state index in [4.69, 9.17) is 4.74 Å². The van der Waals surface area contributed by atoms with Gasteiger partial charge in [-0.2, -0.15) is 0 Å². The van der Waals surface area contributed by atoms with Crippen molar-refractivity contribution in [3.05, 3.63) is 34.4 Å². The molecule has 1 aliphatic rings. The molecule has 1 amide bonds. The van der Waals surface area contributed by atoms with Crippen LogP contribution in [-0.2, 0) is 4.74 Å². The summed E-state index contributed by atoms with van der Waals surface area (Å²) in [5.74, 6) is 0.472. The summed E-state index contributed by atoms with van der Waals surface area (Å²) in [6.45, 7) is 7.21. The highest BCUT2D eigenvalue weighted by Gasteiger charge is 2.28. The molecule has 4 nitrogen and oxygen atoms in total. The van der Waals surface area contributed by atoms with E-state index >= 15 is 0 Å². The van der Waals surface area contributed by atoms with Gasteiger partial charge in [0.2, 0.25) is 0 Å². The lowest BCUT2D eigenvalue weighted by atomic mass is 9.94. The van der Waals surface area contributed by atoms with Crippen LogP contribution in [0, 0.1) is 0 Å². The largest absolute Gasteiger partial charge is 0.444 e. The zero-order chi connectivity index (χ0) is 16.6. The van der Waals surface area contributed by atoms with Crippen molar-refractivity contribution in [1.82, 2.24) is 9.88 Å². The minimum atomic E-state index is -0.432. The van der Waals surface area contributed by atoms with Gasteiger partial charge in [0.25, 0.3) is 0 Å². The molecule has 5 heteroatoms. The minimum Gasteiger partial charge on any atom is -0.444 e. The Morgan fingerprint density at radius 2 is 1.96 bits per heavy atom. The maximum atomic E-state index is 12.1. The zero-order valence-electron chi connectivity index (χ0n) is 13.9. The van der Waals surface area contributed by atoms with Crippen molar-refractivity contribution in [2.24, 2.45) is 0 Å². The van der Waals surface area contributed by atoms with Crippen molar-refractivity contribution in [3.8, 4) is 0 Å². The Hall–Kier alpha value is -1.49. The Bertz CT molecular complexity index is 709. The molecule has 124 valence electrons. The number of nitrogens with one attached hydrogen (secondary N) is 1. The third-order valence-corrected chi connectivity index (χ3v) is 4.68. The lowest BCUT2D eigenvalue weighted by molar-refractivity contribution is 0.0204. The van der Waals surface area contributed by atoms with Gasteiger partial charge in [-0.3, -0.25) is 0 Å². The molecule has 1 aromatic heterocycles. The Balaban J connectivity index is 1.65. The first-order valence-electron chi connectivity index (χ1n) is 8.08. The fourth-order valence-corrected chi connectivity index (χ4v) is 3.42. The van der Waals surface area contributed by atoms with E-state index in [1.807, 2.05) is 31.7 Å². The maximum absolute atomic E-state index is 12.1. The summed E-state index contributed by atoms with van der Waals surface area (Å²) in [5, 5.41) is 1.23. The Morgan fingerprint density at radius 1 is 1.26 bits per heavy atom. The predicted molar refractivity (Wildman–Crippen MR) is 95.8 cm³/mol. The molecule has 0 saturated carbocycles. The van der Waals surface area contributed by atoms with Crippen LogP contribution in [0.4, 0.5) is 4.79 Å². The number of carbonyl (C=O) groups excluding carboxylic acids is 1. The summed E-state index contributed by atoms with van der Waals surface area (Å²) in [6.07, 6.45) is 1.73. The molecule has 0 unspecified atom stereocenters. The van der Waals surface area contributed by atoms with E-state index in [1.165, 1.54) is 11.1 Å². The van der Waals surface area contributed by atoms with Gasteiger partial charge in [0.05, 0.1) is 0 Å². The Morgan fingerprint density at radius 3 is 2.61 bits per heavy atom. The van der Waals surface area contributed by atoms with Gasteiger partial charge in [-0.1, -0.05) is 15.9 Å². The van der Waals surface area contributed by atoms with Crippen molar-refractivity contribution in [1.29, 1.82) is 0 Å². The number of piperidine rings is 1. The lowest BCUT2D eigenvalue weighted by Crippen LogP contribution is -2.41. The van der Waals surface area contributed by atoms with Gasteiger partial charge in [-0.25, -0.2) is 4.79 Å². The predicted octanol–water partition coefficient (Wildman–Crippen LogP) is 5.04. The van der Waals surface area contributed by atoms with Crippen molar-refractivity contribution >= 4 is 32.9 Å². The summed E-state index contributed by atoms with van der Waals surface area (Å²) in [4.78, 5) is 17.5. The molecule has 1 saturated heterocycles. The molecule has 2 heterocycles. The first-order chi connectivity index (χ1) is 10.8. The molecule has 23 heavy (non-hydrogen) atoms. The summed E-state index contributed by atoms with van der Waals surface area (Å²) in [5.41, 5.74) is 2.00. The van der Waals surface area contributed by atoms with Crippen molar-refractivity contribution in [2.75, 3.05) is 13.1 Å². The molecule has 0 aliphatic carbocycles. The van der Waals surface area contributed by atoms with Gasteiger partial charge in [0.15, 0.2) is 0 Å². The van der Waals surface area contributed by atoms with E-state index < -0.39 is 5.60 Å². The molecule has 1 N–H and O–H groups in total. The second-order valence-electron chi connectivity index (χ2n) is 7.20. The third-order valence-electron chi connectivity index (χ3n) is 4.19. The number of carbonyl (C=O) groups is 1. The quantitative estimate of drug-likeness (QED) is 0.754. The number of halogens is 1. The number of ether oxygens (including phenoxy) is 1. The number of amides is 1. The number of H-pyrrole nitrogens is 1. The van der Waals surface area contributed by atoms with Crippen LogP contribution in [-0.4, -0.2) is 34.7 Å². The molecule has 0 radical (unpaired) electrons. The van der Waals surface area contributed by atoms with Gasteiger partial charge in [0.1, 0.15) is 5.60 Å². The van der Waals surface area contributed by atoms with E-state index in [1.54, 1.807) is 0 Å². The number of hydrogen-bond donors (Lipinski definition) is 1. The molecule has 1 fully saturated rings. The molecule has 3 rings (SSSR count). The molecule has 0 spiro atoms. The molecular formula is C18H23BrN2O2. The number of benzene rings is 1. The third kappa shape index (κ3) is 3.89. The van der Waals surface area contributed by atoms with Crippen LogP contribution in [0.3, 0.4) is 0 Å². The number of aromatic nitrogens is 1. The Labute approximate surface area is 145 Å². The van der Waals surface area contributed by atoms with Crippen LogP contribution < -0.4 is 0 Å². The second kappa shape index (κ2) is 6.19. The summed E-state index contributed by atoms with van der Waals surface area (Å²) < 4.78 is 6.55. The van der Waals surface area contributed by atoms with Gasteiger partial charge in [-0.05, 0) is 57.9 Å². The number of nitrogens with zero attached hydrogens (tertiary/aromatic N) is 1. The van der Waals surface area contributed by atoms with E-state index in [9.17, 15) is 4.79 Å². The molecular weight excluding hydrogens is 356 g/mol. The number of rotatable bonds is 1. The first-order valence-corrected chi connectivity index (χ1v) is 8.87. The highest BCUT2D eigenvalue weighted by atomic mass is 79.9. The topological polar surface area (TPSA) is 45.3 Å². The maximum Gasteiger partial charge on any atom is 0.410 e. The monoisotopic (exact) mass is 378 g/mol. The highest BCUT2D eigenvalue weighted by Crippen LogP contribution is 2.31. The normalized spacial score (nSPS) is 16.8. The van der Waals surface area contributed by atoms with Gasteiger partial charge < -0.3 is 14.6 Å².